The van der Waals surface area contributed by atoms with Crippen molar-refractivity contribution in [1.29, 1.82) is 0 Å². The molecule has 0 saturated carbocycles. The molecule has 1 heterocycles. The number of amides is 2. The summed E-state index contributed by atoms with van der Waals surface area (Å²) in [5.41, 5.74) is 0.0913. The fourth-order valence-corrected chi connectivity index (χ4v) is 3.34. The van der Waals surface area contributed by atoms with E-state index in [2.05, 4.69) is 10.6 Å². The molecule has 0 fully saturated rings. The van der Waals surface area contributed by atoms with Gasteiger partial charge in [-0.05, 0) is 38.1 Å². The molecule has 2 rings (SSSR count). The number of nitrogens with one attached hydrogen (secondary N) is 2. The summed E-state index contributed by atoms with van der Waals surface area (Å²) >= 11 is 0. The van der Waals surface area contributed by atoms with E-state index in [9.17, 15) is 18.0 Å². The van der Waals surface area contributed by atoms with Crippen LogP contribution < -0.4 is 10.6 Å². The van der Waals surface area contributed by atoms with Crippen LogP contribution in [0.4, 0.5) is 0 Å². The zero-order valence-corrected chi connectivity index (χ0v) is 14.8. The molecule has 0 radical (unpaired) electrons. The maximum atomic E-state index is 12.4. The lowest BCUT2D eigenvalue weighted by Gasteiger charge is -2.13. The summed E-state index contributed by atoms with van der Waals surface area (Å²) in [6, 6.07) is 9.20. The minimum Gasteiger partial charge on any atom is -0.459 e. The molecule has 0 unspecified atom stereocenters. The van der Waals surface area contributed by atoms with Crippen LogP contribution >= 0.6 is 0 Å². The van der Waals surface area contributed by atoms with Crippen LogP contribution in [0.2, 0.25) is 0 Å². The molecule has 8 heteroatoms. The average molecular weight is 364 g/mol. The van der Waals surface area contributed by atoms with Gasteiger partial charge < -0.3 is 15.1 Å². The van der Waals surface area contributed by atoms with Crippen LogP contribution in [0.5, 0.6) is 0 Å². The summed E-state index contributed by atoms with van der Waals surface area (Å²) in [5, 5.41) is 4.56. The molecule has 0 aliphatic carbocycles. The van der Waals surface area contributed by atoms with Gasteiger partial charge in [0, 0.05) is 13.1 Å². The normalized spacial score (nSPS) is 11.3. The standard InChI is InChI=1S/C17H20N2O5S/c1-12(2)25(22,23)15-8-4-3-6-13(15)16(20)18-9-10-19-17(21)14-7-5-11-24-14/h3-8,11-12H,9-10H2,1-2H3,(H,18,20)(H,19,21). The highest BCUT2D eigenvalue weighted by Gasteiger charge is 2.24. The zero-order valence-electron chi connectivity index (χ0n) is 14.0. The molecule has 25 heavy (non-hydrogen) atoms. The van der Waals surface area contributed by atoms with E-state index in [-0.39, 0.29) is 35.2 Å². The predicted molar refractivity (Wildman–Crippen MR) is 92.1 cm³/mol. The van der Waals surface area contributed by atoms with E-state index in [1.807, 2.05) is 0 Å². The van der Waals surface area contributed by atoms with Gasteiger partial charge in [0.15, 0.2) is 15.6 Å². The van der Waals surface area contributed by atoms with Gasteiger partial charge in [-0.25, -0.2) is 8.42 Å². The Morgan fingerprint density at radius 3 is 2.24 bits per heavy atom. The SMILES string of the molecule is CC(C)S(=O)(=O)c1ccccc1C(=O)NCCNC(=O)c1ccco1. The summed E-state index contributed by atoms with van der Waals surface area (Å²) in [5.74, 6) is -0.714. The van der Waals surface area contributed by atoms with Crippen molar-refractivity contribution < 1.29 is 22.4 Å². The minimum atomic E-state index is -3.57. The Bertz CT molecular complexity index is 842. The number of sulfone groups is 1. The molecule has 2 aromatic rings. The quantitative estimate of drug-likeness (QED) is 0.726. The molecule has 2 amide bonds. The fourth-order valence-electron chi connectivity index (χ4n) is 2.10. The lowest BCUT2D eigenvalue weighted by Crippen LogP contribution is -2.35. The van der Waals surface area contributed by atoms with E-state index in [1.165, 1.54) is 24.5 Å². The van der Waals surface area contributed by atoms with E-state index >= 15 is 0 Å². The molecule has 1 aromatic heterocycles. The topological polar surface area (TPSA) is 105 Å². The Hall–Kier alpha value is -2.61. The molecule has 0 atom stereocenters. The second kappa shape index (κ2) is 7.98. The number of carbonyl (C=O) groups excluding carboxylic acids is 2. The van der Waals surface area contributed by atoms with Gasteiger partial charge in [-0.2, -0.15) is 0 Å². The second-order valence-corrected chi connectivity index (χ2v) is 8.05. The summed E-state index contributed by atoms with van der Waals surface area (Å²) in [7, 11) is -3.57. The number of furan rings is 1. The zero-order chi connectivity index (χ0) is 18.4. The van der Waals surface area contributed by atoms with Crippen LogP contribution in [0.25, 0.3) is 0 Å². The van der Waals surface area contributed by atoms with Crippen LogP contribution in [0.15, 0.2) is 52.0 Å². The molecule has 0 aliphatic rings. The molecular formula is C17H20N2O5S. The number of rotatable bonds is 7. The van der Waals surface area contributed by atoms with Gasteiger partial charge >= 0.3 is 0 Å². The van der Waals surface area contributed by atoms with Gasteiger partial charge in [-0.15, -0.1) is 0 Å². The summed E-state index contributed by atoms with van der Waals surface area (Å²) in [4.78, 5) is 24.0. The van der Waals surface area contributed by atoms with Crippen molar-refractivity contribution >= 4 is 21.7 Å². The van der Waals surface area contributed by atoms with Crippen molar-refractivity contribution in [2.45, 2.75) is 24.0 Å². The first-order valence-electron chi connectivity index (χ1n) is 7.77. The van der Waals surface area contributed by atoms with Crippen molar-refractivity contribution in [2.24, 2.45) is 0 Å². The smallest absolute Gasteiger partial charge is 0.287 e. The third-order valence-electron chi connectivity index (χ3n) is 3.50. The Labute approximate surface area is 146 Å². The van der Waals surface area contributed by atoms with E-state index in [1.54, 1.807) is 32.0 Å². The van der Waals surface area contributed by atoms with Crippen LogP contribution in [0, 0.1) is 0 Å². The summed E-state index contributed by atoms with van der Waals surface area (Å²) in [6.07, 6.45) is 1.39. The predicted octanol–water partition coefficient (Wildman–Crippen LogP) is 1.62. The molecule has 0 bridgehead atoms. The maximum absolute atomic E-state index is 12.4. The molecule has 134 valence electrons. The first kappa shape index (κ1) is 18.7. The van der Waals surface area contributed by atoms with Gasteiger partial charge in [0.05, 0.1) is 22.0 Å². The molecule has 0 spiro atoms. The Balaban J connectivity index is 1.97. The van der Waals surface area contributed by atoms with Crippen molar-refractivity contribution in [3.05, 3.63) is 54.0 Å². The van der Waals surface area contributed by atoms with Crippen molar-refractivity contribution in [3.8, 4) is 0 Å². The van der Waals surface area contributed by atoms with E-state index in [0.29, 0.717) is 0 Å². The first-order valence-corrected chi connectivity index (χ1v) is 9.31. The number of benzene rings is 1. The number of hydrogen-bond donors (Lipinski definition) is 2. The highest BCUT2D eigenvalue weighted by molar-refractivity contribution is 7.92. The minimum absolute atomic E-state index is 0.00196. The second-order valence-electron chi connectivity index (χ2n) is 5.58. The molecule has 1 aromatic carbocycles. The van der Waals surface area contributed by atoms with Crippen LogP contribution in [-0.4, -0.2) is 38.6 Å². The fraction of sp³-hybridized carbons (Fsp3) is 0.294. The van der Waals surface area contributed by atoms with Gasteiger partial charge in [-0.3, -0.25) is 9.59 Å². The monoisotopic (exact) mass is 364 g/mol. The van der Waals surface area contributed by atoms with E-state index < -0.39 is 21.0 Å². The third kappa shape index (κ3) is 4.48. The highest BCUT2D eigenvalue weighted by Crippen LogP contribution is 2.20. The molecule has 7 nitrogen and oxygen atoms in total. The van der Waals surface area contributed by atoms with Crippen LogP contribution in [0.1, 0.15) is 34.8 Å². The van der Waals surface area contributed by atoms with Gasteiger partial charge in [0.1, 0.15) is 0 Å². The van der Waals surface area contributed by atoms with E-state index in [4.69, 9.17) is 4.42 Å². The van der Waals surface area contributed by atoms with Crippen LogP contribution in [0.3, 0.4) is 0 Å². The van der Waals surface area contributed by atoms with E-state index in [0.717, 1.165) is 0 Å². The van der Waals surface area contributed by atoms with Crippen molar-refractivity contribution in [3.63, 3.8) is 0 Å². The third-order valence-corrected chi connectivity index (χ3v) is 5.71. The highest BCUT2D eigenvalue weighted by atomic mass is 32.2. The lowest BCUT2D eigenvalue weighted by atomic mass is 10.2. The van der Waals surface area contributed by atoms with Gasteiger partial charge in [0.25, 0.3) is 11.8 Å². The first-order chi connectivity index (χ1) is 11.8. The molecule has 2 N–H and O–H groups in total. The molecule has 0 saturated heterocycles. The largest absolute Gasteiger partial charge is 0.459 e. The lowest BCUT2D eigenvalue weighted by molar-refractivity contribution is 0.0910. The van der Waals surface area contributed by atoms with Crippen molar-refractivity contribution in [2.75, 3.05) is 13.1 Å². The molecule has 0 aliphatic heterocycles. The Kier molecular flexibility index (Phi) is 5.97. The van der Waals surface area contributed by atoms with Crippen LogP contribution in [-0.2, 0) is 9.84 Å². The Morgan fingerprint density at radius 1 is 1.00 bits per heavy atom. The van der Waals surface area contributed by atoms with Gasteiger partial charge in [0.2, 0.25) is 0 Å². The average Bonchev–Trinajstić information content (AvgIpc) is 3.13. The summed E-state index contributed by atoms with van der Waals surface area (Å²) in [6.45, 7) is 3.47. The maximum Gasteiger partial charge on any atom is 0.287 e. The van der Waals surface area contributed by atoms with Gasteiger partial charge in [-0.1, -0.05) is 12.1 Å². The van der Waals surface area contributed by atoms with Crippen molar-refractivity contribution in [1.82, 2.24) is 10.6 Å². The molecular weight excluding hydrogens is 344 g/mol. The number of carbonyl (C=O) groups is 2. The Morgan fingerprint density at radius 2 is 1.64 bits per heavy atom. The summed E-state index contributed by atoms with van der Waals surface area (Å²) < 4.78 is 29.7. The number of hydrogen-bond acceptors (Lipinski definition) is 5.